The van der Waals surface area contributed by atoms with Gasteiger partial charge >= 0.3 is 0 Å². The molecule has 0 aromatic heterocycles. The van der Waals surface area contributed by atoms with Gasteiger partial charge in [-0.2, -0.15) is 16.8 Å². The fourth-order valence-corrected chi connectivity index (χ4v) is 7.02. The second-order valence-corrected chi connectivity index (χ2v) is 14.2. The number of phenolic OH excluding ortho intramolecular Hbond substituents is 2. The Morgan fingerprint density at radius 2 is 1.21 bits per heavy atom. The zero-order valence-corrected chi connectivity index (χ0v) is 27.7. The number of carbonyl (C=O) groups is 2. The fourth-order valence-electron chi connectivity index (χ4n) is 5.38. The molecule has 0 saturated heterocycles. The van der Waals surface area contributed by atoms with Crippen LogP contribution in [0.2, 0.25) is 0 Å². The van der Waals surface area contributed by atoms with Crippen LogP contribution in [0.5, 0.6) is 11.5 Å². The lowest BCUT2D eigenvalue weighted by Gasteiger charge is -2.25. The van der Waals surface area contributed by atoms with E-state index in [1.807, 2.05) is 13.8 Å². The van der Waals surface area contributed by atoms with Crippen molar-refractivity contribution in [1.29, 1.82) is 0 Å². The summed E-state index contributed by atoms with van der Waals surface area (Å²) >= 11 is 0. The fraction of sp³-hybridized carbons (Fsp3) is 0.235. The molecule has 0 spiro atoms. The first-order valence-electron chi connectivity index (χ1n) is 15.2. The van der Waals surface area contributed by atoms with E-state index in [0.29, 0.717) is 24.1 Å². The van der Waals surface area contributed by atoms with Crippen LogP contribution in [0.25, 0.3) is 0 Å². The number of carbonyl (C=O) groups excluding carboxylic acids is 2. The molecule has 14 heteroatoms. The summed E-state index contributed by atoms with van der Waals surface area (Å²) in [6.07, 6.45) is 3.55. The predicted octanol–water partition coefficient (Wildman–Crippen LogP) is 6.46. The molecule has 1 aliphatic rings. The van der Waals surface area contributed by atoms with Gasteiger partial charge in [-0.15, -0.1) is 0 Å². The van der Waals surface area contributed by atoms with Crippen molar-refractivity contribution < 1.29 is 45.4 Å². The molecule has 0 saturated carbocycles. The molecular weight excluding hydrogens is 661 g/mol. The molecule has 4 aromatic carbocycles. The summed E-state index contributed by atoms with van der Waals surface area (Å²) in [6.45, 7) is 3.93. The average molecular weight is 695 g/mol. The second-order valence-electron chi connectivity index (χ2n) is 11.2. The third-order valence-electron chi connectivity index (χ3n) is 7.85. The van der Waals surface area contributed by atoms with E-state index in [2.05, 4.69) is 10.6 Å². The zero-order valence-electron chi connectivity index (χ0n) is 26.1. The second kappa shape index (κ2) is 13.8. The van der Waals surface area contributed by atoms with E-state index >= 15 is 0 Å². The molecule has 0 unspecified atom stereocenters. The molecular formula is C34H34N2O10S2. The van der Waals surface area contributed by atoms with Gasteiger partial charge in [0.25, 0.3) is 20.2 Å². The van der Waals surface area contributed by atoms with Crippen molar-refractivity contribution in [3.05, 3.63) is 94.5 Å². The third-order valence-corrected chi connectivity index (χ3v) is 10.1. The van der Waals surface area contributed by atoms with Crippen LogP contribution in [0.15, 0.2) is 76.5 Å². The number of aromatic hydroxyl groups is 2. The Balaban J connectivity index is 1.60. The Bertz CT molecular complexity index is 2130. The molecule has 5 rings (SSSR count). The predicted molar refractivity (Wildman–Crippen MR) is 179 cm³/mol. The Labute approximate surface area is 278 Å². The van der Waals surface area contributed by atoms with Gasteiger partial charge in [0, 0.05) is 5.69 Å². The largest absolute Gasteiger partial charge is 0.507 e. The standard InChI is InChI=1S/C34H34N2O10S2/c1-3-5-7-20-8-13-23(28(19-20)47(41,42)43)36-25-15-14-24(35-21-9-11-22(12-10-21)48(44,45)46-18-6-4-2)29-30(25)34(40)32-27(38)17-16-26(37)31(32)33(29)39/h8-17,19,35-38H,3-7,18H2,1-2H3,(H,41,42,43). The molecule has 0 aliphatic heterocycles. The summed E-state index contributed by atoms with van der Waals surface area (Å²) in [5, 5.41) is 27.1. The van der Waals surface area contributed by atoms with Gasteiger partial charge in [0.05, 0.1) is 50.8 Å². The number of fused-ring (bicyclic) bond motifs is 2. The quantitative estimate of drug-likeness (QED) is 0.0391. The van der Waals surface area contributed by atoms with Gasteiger partial charge < -0.3 is 20.8 Å². The van der Waals surface area contributed by atoms with Gasteiger partial charge in [0.15, 0.2) is 0 Å². The molecule has 48 heavy (non-hydrogen) atoms. The smallest absolute Gasteiger partial charge is 0.296 e. The molecule has 4 aromatic rings. The van der Waals surface area contributed by atoms with E-state index in [4.69, 9.17) is 4.18 Å². The van der Waals surface area contributed by atoms with Crippen LogP contribution in [0.4, 0.5) is 22.7 Å². The molecule has 0 atom stereocenters. The van der Waals surface area contributed by atoms with Gasteiger partial charge in [-0.3, -0.25) is 18.3 Å². The number of hydrogen-bond acceptors (Lipinski definition) is 11. The van der Waals surface area contributed by atoms with Gasteiger partial charge in [0.1, 0.15) is 16.4 Å². The Kier molecular flexibility index (Phi) is 9.91. The Morgan fingerprint density at radius 1 is 0.667 bits per heavy atom. The minimum atomic E-state index is -4.73. The van der Waals surface area contributed by atoms with Crippen LogP contribution in [-0.4, -0.2) is 49.8 Å². The number of aryl methyl sites for hydroxylation is 1. The number of nitrogens with one attached hydrogen (secondary N) is 2. The van der Waals surface area contributed by atoms with E-state index in [0.717, 1.165) is 31.4 Å². The number of phenols is 2. The van der Waals surface area contributed by atoms with Crippen molar-refractivity contribution in [2.75, 3.05) is 17.2 Å². The lowest BCUT2D eigenvalue weighted by atomic mass is 9.81. The van der Waals surface area contributed by atoms with Gasteiger partial charge in [-0.05, 0) is 85.5 Å². The van der Waals surface area contributed by atoms with Crippen LogP contribution in [0.1, 0.15) is 76.9 Å². The van der Waals surface area contributed by atoms with E-state index in [9.17, 15) is 41.2 Å². The van der Waals surface area contributed by atoms with Crippen molar-refractivity contribution >= 4 is 54.6 Å². The summed E-state index contributed by atoms with van der Waals surface area (Å²) in [4.78, 5) is 27.5. The van der Waals surface area contributed by atoms with Crippen LogP contribution in [0, 0.1) is 0 Å². The summed E-state index contributed by atoms with van der Waals surface area (Å²) in [6, 6.07) is 15.0. The zero-order chi connectivity index (χ0) is 34.8. The number of hydrogen-bond donors (Lipinski definition) is 5. The SMILES string of the molecule is CCCCOS(=O)(=O)c1ccc(Nc2ccc(Nc3ccc(CCCC)cc3S(=O)(=O)O)c3c2C(=O)c2c(O)ccc(O)c2C3=O)cc1. The number of unbranched alkanes of at least 4 members (excludes halogenated alkanes) is 2. The normalized spacial score (nSPS) is 12.8. The van der Waals surface area contributed by atoms with Crippen LogP contribution in [-0.2, 0) is 30.8 Å². The summed E-state index contributed by atoms with van der Waals surface area (Å²) in [7, 11) is -8.73. The van der Waals surface area contributed by atoms with Crippen molar-refractivity contribution in [2.24, 2.45) is 0 Å². The van der Waals surface area contributed by atoms with Crippen LogP contribution >= 0.6 is 0 Å². The van der Waals surface area contributed by atoms with Crippen molar-refractivity contribution in [3.63, 3.8) is 0 Å². The molecule has 0 bridgehead atoms. The van der Waals surface area contributed by atoms with E-state index in [-0.39, 0.29) is 39.7 Å². The van der Waals surface area contributed by atoms with Crippen LogP contribution in [0.3, 0.4) is 0 Å². The minimum absolute atomic E-state index is 0.0147. The molecule has 252 valence electrons. The highest BCUT2D eigenvalue weighted by Crippen LogP contribution is 2.44. The number of anilines is 4. The highest BCUT2D eigenvalue weighted by atomic mass is 32.2. The first-order chi connectivity index (χ1) is 22.8. The average Bonchev–Trinajstić information content (AvgIpc) is 3.04. The lowest BCUT2D eigenvalue weighted by molar-refractivity contribution is 0.0975. The lowest BCUT2D eigenvalue weighted by Crippen LogP contribution is -2.24. The maximum atomic E-state index is 14.0. The highest BCUT2D eigenvalue weighted by molar-refractivity contribution is 7.86. The first-order valence-corrected chi connectivity index (χ1v) is 18.1. The highest BCUT2D eigenvalue weighted by Gasteiger charge is 2.38. The number of benzene rings is 4. The molecule has 0 amide bonds. The minimum Gasteiger partial charge on any atom is -0.507 e. The summed E-state index contributed by atoms with van der Waals surface area (Å²) in [5.74, 6) is -2.73. The van der Waals surface area contributed by atoms with Gasteiger partial charge in [-0.25, -0.2) is 0 Å². The molecule has 12 nitrogen and oxygen atoms in total. The number of ketones is 2. The molecule has 1 aliphatic carbocycles. The van der Waals surface area contributed by atoms with Crippen molar-refractivity contribution in [2.45, 2.75) is 55.7 Å². The third kappa shape index (κ3) is 6.92. The van der Waals surface area contributed by atoms with E-state index < -0.39 is 59.3 Å². The van der Waals surface area contributed by atoms with E-state index in [1.165, 1.54) is 48.5 Å². The van der Waals surface area contributed by atoms with E-state index in [1.54, 1.807) is 6.07 Å². The first kappa shape index (κ1) is 34.6. The molecule has 0 heterocycles. The van der Waals surface area contributed by atoms with Crippen molar-refractivity contribution in [3.8, 4) is 11.5 Å². The maximum Gasteiger partial charge on any atom is 0.296 e. The molecule has 5 N–H and O–H groups in total. The monoisotopic (exact) mass is 694 g/mol. The topological polar surface area (TPSA) is 196 Å². The molecule has 0 fully saturated rings. The molecule has 0 radical (unpaired) electrons. The number of rotatable bonds is 13. The van der Waals surface area contributed by atoms with Gasteiger partial charge in [-0.1, -0.05) is 32.8 Å². The Hall–Kier alpha value is -4.76. The van der Waals surface area contributed by atoms with Gasteiger partial charge in [0.2, 0.25) is 11.6 Å². The van der Waals surface area contributed by atoms with Crippen LogP contribution < -0.4 is 10.6 Å². The Morgan fingerprint density at radius 3 is 1.75 bits per heavy atom. The summed E-state index contributed by atoms with van der Waals surface area (Å²) < 4.78 is 65.0. The maximum absolute atomic E-state index is 14.0. The van der Waals surface area contributed by atoms with Crippen molar-refractivity contribution in [1.82, 2.24) is 0 Å². The summed E-state index contributed by atoms with van der Waals surface area (Å²) in [5.41, 5.74) is -0.265.